The lowest BCUT2D eigenvalue weighted by molar-refractivity contribution is -0.384. The second-order valence-electron chi connectivity index (χ2n) is 7.33. The highest BCUT2D eigenvalue weighted by Crippen LogP contribution is 2.41. The van der Waals surface area contributed by atoms with Crippen molar-refractivity contribution in [3.63, 3.8) is 0 Å². The number of hydrogen-bond acceptors (Lipinski definition) is 5. The SMILES string of the molecule is CC1(C(=O)O)C=C(c2cc([N+](=O)[O-])ccc2OCc2ccc(Cl)cc2)C=C(C(=O)O)C1. The van der Waals surface area contributed by atoms with Crippen LogP contribution >= 0.6 is 11.6 Å². The summed E-state index contributed by atoms with van der Waals surface area (Å²) in [5, 5.41) is 31.0. The number of carbonyl (C=O) groups is 2. The minimum absolute atomic E-state index is 0.113. The van der Waals surface area contributed by atoms with E-state index in [1.807, 2.05) is 0 Å². The van der Waals surface area contributed by atoms with Crippen molar-refractivity contribution in [1.82, 2.24) is 0 Å². The first-order valence-electron chi connectivity index (χ1n) is 9.15. The van der Waals surface area contributed by atoms with Gasteiger partial charge < -0.3 is 14.9 Å². The zero-order valence-electron chi connectivity index (χ0n) is 16.4. The van der Waals surface area contributed by atoms with Crippen LogP contribution in [0.25, 0.3) is 5.57 Å². The Labute approximate surface area is 182 Å². The molecule has 0 fully saturated rings. The van der Waals surface area contributed by atoms with E-state index >= 15 is 0 Å². The molecule has 0 heterocycles. The standard InChI is InChI=1S/C22H18ClNO7/c1-22(21(27)28)10-14(8-15(11-22)20(25)26)18-9-17(24(29)30)6-7-19(18)31-12-13-2-4-16(23)5-3-13/h2-10H,11-12H2,1H3,(H,25,26)(H,27,28). The Morgan fingerprint density at radius 3 is 2.45 bits per heavy atom. The van der Waals surface area contributed by atoms with Crippen molar-refractivity contribution in [2.24, 2.45) is 5.41 Å². The largest absolute Gasteiger partial charge is 0.488 e. The Bertz CT molecular complexity index is 1120. The molecule has 160 valence electrons. The second-order valence-corrected chi connectivity index (χ2v) is 7.76. The Morgan fingerprint density at radius 2 is 1.87 bits per heavy atom. The van der Waals surface area contributed by atoms with E-state index in [9.17, 15) is 29.9 Å². The Morgan fingerprint density at radius 1 is 1.19 bits per heavy atom. The lowest BCUT2D eigenvalue weighted by Gasteiger charge is -2.27. The van der Waals surface area contributed by atoms with Crippen molar-refractivity contribution in [3.8, 4) is 5.75 Å². The van der Waals surface area contributed by atoms with E-state index in [2.05, 4.69) is 0 Å². The molecule has 0 saturated heterocycles. The van der Waals surface area contributed by atoms with Gasteiger partial charge in [0, 0.05) is 28.3 Å². The van der Waals surface area contributed by atoms with Crippen LogP contribution in [-0.4, -0.2) is 27.1 Å². The molecule has 3 rings (SSSR count). The fourth-order valence-corrected chi connectivity index (χ4v) is 3.35. The molecule has 0 bridgehead atoms. The Hall–Kier alpha value is -3.65. The highest BCUT2D eigenvalue weighted by atomic mass is 35.5. The zero-order valence-corrected chi connectivity index (χ0v) is 17.1. The van der Waals surface area contributed by atoms with Crippen molar-refractivity contribution in [3.05, 3.63) is 86.5 Å². The highest BCUT2D eigenvalue weighted by Gasteiger charge is 2.37. The summed E-state index contributed by atoms with van der Waals surface area (Å²) in [4.78, 5) is 34.1. The molecule has 0 aliphatic heterocycles. The average molecular weight is 444 g/mol. The summed E-state index contributed by atoms with van der Waals surface area (Å²) in [6.07, 6.45) is 2.51. The lowest BCUT2D eigenvalue weighted by atomic mass is 9.76. The van der Waals surface area contributed by atoms with Crippen LogP contribution in [0.4, 0.5) is 5.69 Å². The zero-order chi connectivity index (χ0) is 22.8. The molecule has 2 N–H and O–H groups in total. The van der Waals surface area contributed by atoms with Crippen LogP contribution in [0.15, 0.2) is 60.2 Å². The van der Waals surface area contributed by atoms with Gasteiger partial charge >= 0.3 is 11.9 Å². The third-order valence-corrected chi connectivity index (χ3v) is 5.17. The van der Waals surface area contributed by atoms with Crippen molar-refractivity contribution in [1.29, 1.82) is 0 Å². The molecular formula is C22H18ClNO7. The van der Waals surface area contributed by atoms with Gasteiger partial charge in [0.05, 0.1) is 10.3 Å². The molecule has 0 radical (unpaired) electrons. The third kappa shape index (κ3) is 4.92. The van der Waals surface area contributed by atoms with Crippen molar-refractivity contribution >= 4 is 34.8 Å². The van der Waals surface area contributed by atoms with Crippen LogP contribution in [-0.2, 0) is 16.2 Å². The maximum Gasteiger partial charge on any atom is 0.331 e. The van der Waals surface area contributed by atoms with Gasteiger partial charge in [-0.1, -0.05) is 29.8 Å². The molecule has 1 atom stereocenters. The fourth-order valence-electron chi connectivity index (χ4n) is 3.23. The molecule has 2 aromatic carbocycles. The third-order valence-electron chi connectivity index (χ3n) is 4.92. The average Bonchev–Trinajstić information content (AvgIpc) is 2.72. The number of benzene rings is 2. The van der Waals surface area contributed by atoms with Gasteiger partial charge in [-0.3, -0.25) is 14.9 Å². The van der Waals surface area contributed by atoms with E-state index in [-0.39, 0.29) is 41.2 Å². The maximum absolute atomic E-state index is 11.8. The number of non-ortho nitro benzene ring substituents is 1. The van der Waals surface area contributed by atoms with E-state index in [0.29, 0.717) is 5.02 Å². The number of rotatable bonds is 7. The number of halogens is 1. The second kappa shape index (κ2) is 8.61. The monoisotopic (exact) mass is 443 g/mol. The van der Waals surface area contributed by atoms with Crippen molar-refractivity contribution in [2.75, 3.05) is 0 Å². The first kappa shape index (κ1) is 22.0. The summed E-state index contributed by atoms with van der Waals surface area (Å²) in [5.41, 5.74) is -0.586. The molecule has 0 aromatic heterocycles. The summed E-state index contributed by atoms with van der Waals surface area (Å²) >= 11 is 5.88. The summed E-state index contributed by atoms with van der Waals surface area (Å²) in [5.74, 6) is -2.21. The van der Waals surface area contributed by atoms with Gasteiger partial charge in [-0.15, -0.1) is 0 Å². The molecule has 2 aromatic rings. The molecule has 31 heavy (non-hydrogen) atoms. The summed E-state index contributed by atoms with van der Waals surface area (Å²) in [7, 11) is 0. The predicted octanol–water partition coefficient (Wildman–Crippen LogP) is 4.72. The van der Waals surface area contributed by atoms with Crippen LogP contribution < -0.4 is 4.74 Å². The molecule has 8 nitrogen and oxygen atoms in total. The predicted molar refractivity (Wildman–Crippen MR) is 113 cm³/mol. The van der Waals surface area contributed by atoms with Gasteiger partial charge in [-0.05, 0) is 48.8 Å². The Balaban J connectivity index is 2.07. The topological polar surface area (TPSA) is 127 Å². The first-order valence-corrected chi connectivity index (χ1v) is 9.53. The molecule has 9 heteroatoms. The number of carboxylic acid groups (broad SMARTS) is 2. The summed E-state index contributed by atoms with van der Waals surface area (Å²) in [6.45, 7) is 1.53. The van der Waals surface area contributed by atoms with Crippen LogP contribution in [0.1, 0.15) is 24.5 Å². The summed E-state index contributed by atoms with van der Waals surface area (Å²) < 4.78 is 5.84. The number of nitrogens with zero attached hydrogens (tertiary/aromatic N) is 1. The number of hydrogen-bond donors (Lipinski definition) is 2. The molecule has 1 aliphatic carbocycles. The van der Waals surface area contributed by atoms with Crippen LogP contribution in [0.3, 0.4) is 0 Å². The Kier molecular flexibility index (Phi) is 6.12. The molecule has 0 amide bonds. The minimum atomic E-state index is -1.49. The lowest BCUT2D eigenvalue weighted by Crippen LogP contribution is -2.29. The van der Waals surface area contributed by atoms with Crippen molar-refractivity contribution in [2.45, 2.75) is 20.0 Å². The van der Waals surface area contributed by atoms with Gasteiger partial charge in [0.25, 0.3) is 5.69 Å². The number of nitro groups is 1. The smallest absolute Gasteiger partial charge is 0.331 e. The fraction of sp³-hybridized carbons (Fsp3) is 0.182. The molecule has 1 unspecified atom stereocenters. The van der Waals surface area contributed by atoms with Crippen LogP contribution in [0.2, 0.25) is 5.02 Å². The van der Waals surface area contributed by atoms with Crippen molar-refractivity contribution < 1.29 is 29.5 Å². The molecule has 0 saturated carbocycles. The van der Waals surface area contributed by atoms with Gasteiger partial charge in [-0.25, -0.2) is 4.79 Å². The van der Waals surface area contributed by atoms with Crippen LogP contribution in [0.5, 0.6) is 5.75 Å². The van der Waals surface area contributed by atoms with Crippen LogP contribution in [0, 0.1) is 15.5 Å². The highest BCUT2D eigenvalue weighted by molar-refractivity contribution is 6.30. The van der Waals surface area contributed by atoms with Gasteiger partial charge in [-0.2, -0.15) is 0 Å². The van der Waals surface area contributed by atoms with E-state index < -0.39 is 22.3 Å². The van der Waals surface area contributed by atoms with E-state index in [0.717, 1.165) is 5.56 Å². The first-order chi connectivity index (χ1) is 14.6. The molecular weight excluding hydrogens is 426 g/mol. The number of ether oxygens (including phenoxy) is 1. The maximum atomic E-state index is 11.8. The number of nitro benzene ring substituents is 1. The van der Waals surface area contributed by atoms with Gasteiger partial charge in [0.1, 0.15) is 12.4 Å². The minimum Gasteiger partial charge on any atom is -0.488 e. The van der Waals surface area contributed by atoms with E-state index in [1.165, 1.54) is 37.3 Å². The van der Waals surface area contributed by atoms with E-state index in [1.54, 1.807) is 24.3 Å². The van der Waals surface area contributed by atoms with Gasteiger partial charge in [0.15, 0.2) is 0 Å². The molecule has 1 aliphatic rings. The van der Waals surface area contributed by atoms with E-state index in [4.69, 9.17) is 16.3 Å². The number of allylic oxidation sites excluding steroid dienone is 2. The number of aliphatic carboxylic acids is 2. The quantitative estimate of drug-likeness (QED) is 0.468. The molecule has 0 spiro atoms. The number of carboxylic acids is 2. The summed E-state index contributed by atoms with van der Waals surface area (Å²) in [6, 6.07) is 10.8. The van der Waals surface area contributed by atoms with Gasteiger partial charge in [0.2, 0.25) is 0 Å². The normalized spacial score (nSPS) is 18.0.